The summed E-state index contributed by atoms with van der Waals surface area (Å²) >= 11 is 0. The van der Waals surface area contributed by atoms with Crippen LogP contribution in [0.5, 0.6) is 0 Å². The van der Waals surface area contributed by atoms with Gasteiger partial charge in [0.15, 0.2) is 5.82 Å². The van der Waals surface area contributed by atoms with Crippen LogP contribution in [0.4, 0.5) is 21.7 Å². The molecule has 2 aliphatic rings. The second-order valence-corrected chi connectivity index (χ2v) is 8.61. The molecule has 2 saturated heterocycles. The van der Waals surface area contributed by atoms with Crippen LogP contribution in [-0.2, 0) is 20.9 Å². The molecule has 0 spiro atoms. The third-order valence-electron chi connectivity index (χ3n) is 6.17. The van der Waals surface area contributed by atoms with Crippen LogP contribution in [0.3, 0.4) is 0 Å². The molecule has 0 saturated carbocycles. The molecule has 0 bridgehead atoms. The van der Waals surface area contributed by atoms with E-state index in [1.54, 1.807) is 25.3 Å². The monoisotopic (exact) mass is 471 g/mol. The molecule has 2 fully saturated rings. The van der Waals surface area contributed by atoms with Gasteiger partial charge in [0.2, 0.25) is 5.95 Å². The van der Waals surface area contributed by atoms with Gasteiger partial charge in [0.05, 0.1) is 29.9 Å². The van der Waals surface area contributed by atoms with Gasteiger partial charge >= 0.3 is 5.97 Å². The Labute approximate surface area is 198 Å². The summed E-state index contributed by atoms with van der Waals surface area (Å²) in [6.45, 7) is 5.41. The lowest BCUT2D eigenvalue weighted by atomic mass is 10.1. The minimum atomic E-state index is -0.652. The van der Waals surface area contributed by atoms with Crippen molar-refractivity contribution in [1.82, 2.24) is 9.97 Å². The molecule has 4 rings (SSSR count). The molecule has 1 aromatic carbocycles. The fraction of sp³-hybridized carbons (Fsp3) is 0.478. The summed E-state index contributed by atoms with van der Waals surface area (Å²) in [4.78, 5) is 27.0. The normalized spacial score (nSPS) is 18.6. The summed E-state index contributed by atoms with van der Waals surface area (Å²) in [7, 11) is 1.71. The third-order valence-corrected chi connectivity index (χ3v) is 6.17. The molecule has 3 heterocycles. The van der Waals surface area contributed by atoms with E-state index in [1.165, 1.54) is 0 Å². The number of nitrogens with zero attached hydrogens (tertiary/aromatic N) is 5. The first-order chi connectivity index (χ1) is 16.4. The summed E-state index contributed by atoms with van der Waals surface area (Å²) in [5.74, 6) is -0.645. The fourth-order valence-corrected chi connectivity index (χ4v) is 4.22. The van der Waals surface area contributed by atoms with Crippen molar-refractivity contribution in [2.75, 3.05) is 54.5 Å². The van der Waals surface area contributed by atoms with E-state index in [0.29, 0.717) is 31.3 Å². The van der Waals surface area contributed by atoms with E-state index in [0.717, 1.165) is 18.8 Å². The van der Waals surface area contributed by atoms with Crippen molar-refractivity contribution < 1.29 is 18.7 Å². The van der Waals surface area contributed by atoms with Crippen molar-refractivity contribution in [2.45, 2.75) is 32.1 Å². The molecule has 3 N–H and O–H groups in total. The van der Waals surface area contributed by atoms with Crippen LogP contribution in [0.1, 0.15) is 18.9 Å². The molecule has 1 unspecified atom stereocenters. The number of hydrogen-bond acceptors (Lipinski definition) is 9. The molecule has 0 aliphatic carbocycles. The van der Waals surface area contributed by atoms with Gasteiger partial charge in [-0.2, -0.15) is 0 Å². The van der Waals surface area contributed by atoms with Crippen molar-refractivity contribution >= 4 is 29.1 Å². The molecule has 182 valence electrons. The SMILES string of the molecule is COC1CN(c2ncc(N3CCN(c4cccc(COC(=O)CC(=N)N)c4F)CC3C)cn2)C1. The van der Waals surface area contributed by atoms with Crippen LogP contribution in [0, 0.1) is 11.2 Å². The minimum Gasteiger partial charge on any atom is -0.460 e. The number of methoxy groups -OCH3 is 1. The van der Waals surface area contributed by atoms with Gasteiger partial charge in [-0.25, -0.2) is 14.4 Å². The highest BCUT2D eigenvalue weighted by molar-refractivity contribution is 5.94. The number of nitrogens with one attached hydrogen (secondary N) is 1. The van der Waals surface area contributed by atoms with Gasteiger partial charge < -0.3 is 29.9 Å². The topological polar surface area (TPSA) is 121 Å². The molecule has 11 heteroatoms. The molecule has 1 atom stereocenters. The Balaban J connectivity index is 1.37. The number of halogens is 1. The van der Waals surface area contributed by atoms with E-state index in [2.05, 4.69) is 26.7 Å². The maximum absolute atomic E-state index is 15.2. The minimum absolute atomic E-state index is 0.113. The zero-order chi connectivity index (χ0) is 24.2. The van der Waals surface area contributed by atoms with Crippen molar-refractivity contribution in [3.63, 3.8) is 0 Å². The number of aromatic nitrogens is 2. The summed E-state index contributed by atoms with van der Waals surface area (Å²) in [6, 6.07) is 5.18. The lowest BCUT2D eigenvalue weighted by molar-refractivity contribution is -0.143. The quantitative estimate of drug-likeness (QED) is 0.335. The molecular formula is C23H30FN7O3. The summed E-state index contributed by atoms with van der Waals surface area (Å²) in [6.07, 6.45) is 3.61. The number of esters is 1. The Morgan fingerprint density at radius 2 is 1.94 bits per heavy atom. The Hall–Kier alpha value is -3.47. The lowest BCUT2D eigenvalue weighted by Gasteiger charge is -2.42. The number of amidine groups is 1. The van der Waals surface area contributed by atoms with Gasteiger partial charge in [-0.1, -0.05) is 12.1 Å². The average Bonchev–Trinajstić information content (AvgIpc) is 2.78. The van der Waals surface area contributed by atoms with Crippen LogP contribution in [0.2, 0.25) is 0 Å². The van der Waals surface area contributed by atoms with Crippen LogP contribution in [0.25, 0.3) is 0 Å². The molecular weight excluding hydrogens is 441 g/mol. The number of piperazine rings is 1. The molecule has 1 aromatic heterocycles. The number of hydrogen-bond donors (Lipinski definition) is 2. The van der Waals surface area contributed by atoms with Gasteiger partial charge in [0, 0.05) is 51.4 Å². The molecule has 2 aliphatic heterocycles. The van der Waals surface area contributed by atoms with Gasteiger partial charge in [-0.15, -0.1) is 0 Å². The number of ether oxygens (including phenoxy) is 2. The Bertz CT molecular complexity index is 1030. The first-order valence-electron chi connectivity index (χ1n) is 11.2. The Kier molecular flexibility index (Phi) is 7.11. The van der Waals surface area contributed by atoms with E-state index in [9.17, 15) is 4.79 Å². The summed E-state index contributed by atoms with van der Waals surface area (Å²) in [5, 5.41) is 7.15. The highest BCUT2D eigenvalue weighted by atomic mass is 19.1. The standard InChI is InChI=1S/C23H30FN7O3/c1-15-11-29(19-5-3-4-16(22(19)24)14-34-21(32)8-20(25)26)6-7-31(15)17-9-27-23(28-10-17)30-12-18(13-30)33-2/h3-5,9-10,15,18H,6-8,11-14H2,1-2H3,(H3,25,26). The maximum atomic E-state index is 15.2. The zero-order valence-electron chi connectivity index (χ0n) is 19.4. The van der Waals surface area contributed by atoms with Crippen LogP contribution in [-0.4, -0.2) is 73.8 Å². The molecule has 0 radical (unpaired) electrons. The van der Waals surface area contributed by atoms with Crippen LogP contribution in [0.15, 0.2) is 30.6 Å². The number of anilines is 3. The van der Waals surface area contributed by atoms with Gasteiger partial charge in [0.25, 0.3) is 0 Å². The van der Waals surface area contributed by atoms with Crippen LogP contribution < -0.4 is 20.4 Å². The second-order valence-electron chi connectivity index (χ2n) is 8.61. The van der Waals surface area contributed by atoms with E-state index in [-0.39, 0.29) is 36.6 Å². The lowest BCUT2D eigenvalue weighted by Crippen LogP contribution is -2.53. The highest BCUT2D eigenvalue weighted by Gasteiger charge is 2.30. The molecule has 34 heavy (non-hydrogen) atoms. The number of carbonyl (C=O) groups excluding carboxylic acids is 1. The highest BCUT2D eigenvalue weighted by Crippen LogP contribution is 2.28. The van der Waals surface area contributed by atoms with E-state index in [4.69, 9.17) is 20.6 Å². The fourth-order valence-electron chi connectivity index (χ4n) is 4.22. The number of benzene rings is 1. The number of carbonyl (C=O) groups is 1. The predicted molar refractivity (Wildman–Crippen MR) is 127 cm³/mol. The van der Waals surface area contributed by atoms with Crippen LogP contribution >= 0.6 is 0 Å². The first kappa shape index (κ1) is 23.7. The molecule has 0 amide bonds. The summed E-state index contributed by atoms with van der Waals surface area (Å²) < 4.78 is 25.5. The van der Waals surface area contributed by atoms with Gasteiger partial charge in [0.1, 0.15) is 18.9 Å². The second kappa shape index (κ2) is 10.2. The molecule has 2 aromatic rings. The first-order valence-corrected chi connectivity index (χ1v) is 11.2. The van der Waals surface area contributed by atoms with Crippen molar-refractivity contribution in [3.8, 4) is 0 Å². The summed E-state index contributed by atoms with van der Waals surface area (Å²) in [5.41, 5.74) is 6.90. The Morgan fingerprint density at radius 1 is 1.21 bits per heavy atom. The van der Waals surface area contributed by atoms with E-state index < -0.39 is 11.8 Å². The van der Waals surface area contributed by atoms with Crippen molar-refractivity contribution in [3.05, 3.63) is 42.0 Å². The van der Waals surface area contributed by atoms with Crippen molar-refractivity contribution in [2.24, 2.45) is 5.73 Å². The third kappa shape index (κ3) is 5.19. The zero-order valence-corrected chi connectivity index (χ0v) is 19.4. The maximum Gasteiger partial charge on any atom is 0.313 e. The van der Waals surface area contributed by atoms with E-state index >= 15 is 4.39 Å². The van der Waals surface area contributed by atoms with Crippen molar-refractivity contribution in [1.29, 1.82) is 5.41 Å². The van der Waals surface area contributed by atoms with Gasteiger partial charge in [-0.3, -0.25) is 10.2 Å². The molecule has 10 nitrogen and oxygen atoms in total. The predicted octanol–water partition coefficient (Wildman–Crippen LogP) is 1.54. The largest absolute Gasteiger partial charge is 0.460 e. The number of nitrogens with two attached hydrogens (primary N) is 1. The average molecular weight is 472 g/mol. The Morgan fingerprint density at radius 3 is 2.59 bits per heavy atom. The number of rotatable bonds is 8. The smallest absolute Gasteiger partial charge is 0.313 e. The van der Waals surface area contributed by atoms with Gasteiger partial charge in [-0.05, 0) is 13.0 Å². The van der Waals surface area contributed by atoms with E-state index in [1.807, 2.05) is 17.3 Å².